The molecular formula is C23H19N5O3. The summed E-state index contributed by atoms with van der Waals surface area (Å²) in [6.45, 7) is 0.365. The molecule has 1 aliphatic rings. The highest BCUT2D eigenvalue weighted by molar-refractivity contribution is 5.83. The van der Waals surface area contributed by atoms with Crippen molar-refractivity contribution in [2.45, 2.75) is 25.3 Å². The van der Waals surface area contributed by atoms with Crippen LogP contribution in [0.25, 0.3) is 28.1 Å². The maximum Gasteiger partial charge on any atom is 0.278 e. The molecule has 6 rings (SSSR count). The molecular weight excluding hydrogens is 394 g/mol. The Labute approximate surface area is 176 Å². The molecule has 0 spiro atoms. The van der Waals surface area contributed by atoms with Crippen molar-refractivity contribution in [1.29, 1.82) is 0 Å². The highest BCUT2D eigenvalue weighted by Crippen LogP contribution is 2.39. The molecule has 5 aromatic rings. The minimum atomic E-state index is -0.171. The van der Waals surface area contributed by atoms with Crippen LogP contribution in [0.15, 0.2) is 64.2 Å². The van der Waals surface area contributed by atoms with E-state index in [-0.39, 0.29) is 5.56 Å². The van der Waals surface area contributed by atoms with Crippen molar-refractivity contribution in [3.8, 4) is 17.3 Å². The lowest BCUT2D eigenvalue weighted by atomic mass is 10.2. The number of methoxy groups -OCH3 is 1. The van der Waals surface area contributed by atoms with E-state index in [1.807, 2.05) is 48.5 Å². The van der Waals surface area contributed by atoms with Crippen LogP contribution in [0.2, 0.25) is 0 Å². The Bertz CT molecular complexity index is 1490. The fraction of sp³-hybridized carbons (Fsp3) is 0.217. The molecule has 0 radical (unpaired) electrons. The zero-order chi connectivity index (χ0) is 20.9. The summed E-state index contributed by atoms with van der Waals surface area (Å²) in [6, 6.07) is 15.5. The van der Waals surface area contributed by atoms with Gasteiger partial charge in [-0.3, -0.25) is 9.20 Å². The van der Waals surface area contributed by atoms with E-state index in [0.717, 1.165) is 35.2 Å². The van der Waals surface area contributed by atoms with Gasteiger partial charge in [0.1, 0.15) is 23.3 Å². The molecule has 0 atom stereocenters. The van der Waals surface area contributed by atoms with Crippen LogP contribution in [-0.2, 0) is 6.54 Å². The molecule has 154 valence electrons. The second-order valence-electron chi connectivity index (χ2n) is 7.73. The number of aromatic nitrogens is 5. The van der Waals surface area contributed by atoms with Gasteiger partial charge in [-0.05, 0) is 31.0 Å². The van der Waals surface area contributed by atoms with Gasteiger partial charge in [0.15, 0.2) is 0 Å². The molecule has 0 N–H and O–H groups in total. The molecule has 0 bridgehead atoms. The average molecular weight is 413 g/mol. The average Bonchev–Trinajstić information content (AvgIpc) is 3.37. The predicted molar refractivity (Wildman–Crippen MR) is 114 cm³/mol. The van der Waals surface area contributed by atoms with E-state index in [1.165, 1.54) is 0 Å². The number of benzene rings is 2. The van der Waals surface area contributed by atoms with Gasteiger partial charge in [0, 0.05) is 11.5 Å². The Kier molecular flexibility index (Phi) is 3.92. The van der Waals surface area contributed by atoms with E-state index in [0.29, 0.717) is 35.4 Å². The first kappa shape index (κ1) is 17.9. The van der Waals surface area contributed by atoms with Gasteiger partial charge < -0.3 is 13.8 Å². The summed E-state index contributed by atoms with van der Waals surface area (Å²) in [6.07, 6.45) is 3.76. The zero-order valence-corrected chi connectivity index (χ0v) is 16.9. The molecule has 3 aromatic heterocycles. The molecule has 1 aliphatic carbocycles. The van der Waals surface area contributed by atoms with Crippen LogP contribution in [0.3, 0.4) is 0 Å². The van der Waals surface area contributed by atoms with Crippen molar-refractivity contribution in [3.05, 3.63) is 76.7 Å². The quantitative estimate of drug-likeness (QED) is 0.437. The first-order valence-electron chi connectivity index (χ1n) is 10.2. The number of nitrogens with zero attached hydrogens (tertiary/aromatic N) is 5. The number of ether oxygens (including phenoxy) is 1. The molecule has 0 amide bonds. The van der Waals surface area contributed by atoms with Gasteiger partial charge in [0.2, 0.25) is 11.7 Å². The number of para-hydroxylation sites is 3. The Morgan fingerprint density at radius 1 is 1.10 bits per heavy atom. The number of hydrogen-bond donors (Lipinski definition) is 0. The van der Waals surface area contributed by atoms with E-state index in [4.69, 9.17) is 9.26 Å². The zero-order valence-electron chi connectivity index (χ0n) is 16.9. The second-order valence-corrected chi connectivity index (χ2v) is 7.73. The Morgan fingerprint density at radius 3 is 2.68 bits per heavy atom. The Morgan fingerprint density at radius 2 is 1.87 bits per heavy atom. The summed E-state index contributed by atoms with van der Waals surface area (Å²) < 4.78 is 14.5. The van der Waals surface area contributed by atoms with E-state index in [1.54, 1.807) is 22.4 Å². The first-order chi connectivity index (χ1) is 15.2. The lowest BCUT2D eigenvalue weighted by molar-refractivity contribution is 0.380. The van der Waals surface area contributed by atoms with E-state index in [2.05, 4.69) is 15.1 Å². The van der Waals surface area contributed by atoms with Gasteiger partial charge in [-0.2, -0.15) is 4.98 Å². The third-order valence-electron chi connectivity index (χ3n) is 5.75. The highest BCUT2D eigenvalue weighted by atomic mass is 16.5. The largest absolute Gasteiger partial charge is 0.496 e. The molecule has 1 saturated carbocycles. The molecule has 0 aliphatic heterocycles. The molecule has 0 saturated heterocycles. The van der Waals surface area contributed by atoms with Crippen molar-refractivity contribution in [2.75, 3.05) is 7.11 Å². The van der Waals surface area contributed by atoms with Crippen molar-refractivity contribution >= 4 is 16.6 Å². The van der Waals surface area contributed by atoms with Crippen LogP contribution < -0.4 is 10.3 Å². The third kappa shape index (κ3) is 2.83. The minimum absolute atomic E-state index is 0.171. The number of imidazole rings is 1. The van der Waals surface area contributed by atoms with E-state index < -0.39 is 0 Å². The standard InChI is InChI=1S/C23H19N5O3/c1-30-18-9-5-2-6-15(18)12-27-16-7-3-4-8-17(16)28-13-24-19(20(28)23(27)29)21-25-22(31-26-21)14-10-11-14/h2-9,13-14H,10-12H2,1H3. The van der Waals surface area contributed by atoms with Crippen LogP contribution in [0.1, 0.15) is 30.2 Å². The van der Waals surface area contributed by atoms with Gasteiger partial charge >= 0.3 is 0 Å². The molecule has 2 aromatic carbocycles. The fourth-order valence-electron chi connectivity index (χ4n) is 4.02. The number of hydrogen-bond acceptors (Lipinski definition) is 6. The molecule has 1 fully saturated rings. The summed E-state index contributed by atoms with van der Waals surface area (Å²) in [4.78, 5) is 22.7. The summed E-state index contributed by atoms with van der Waals surface area (Å²) in [5, 5.41) is 4.10. The van der Waals surface area contributed by atoms with E-state index >= 15 is 0 Å². The van der Waals surface area contributed by atoms with E-state index in [9.17, 15) is 4.79 Å². The van der Waals surface area contributed by atoms with Crippen molar-refractivity contribution in [2.24, 2.45) is 0 Å². The second kappa shape index (κ2) is 6.80. The van der Waals surface area contributed by atoms with Gasteiger partial charge in [0.05, 0.1) is 24.7 Å². The van der Waals surface area contributed by atoms with Crippen LogP contribution in [0, 0.1) is 0 Å². The molecule has 31 heavy (non-hydrogen) atoms. The van der Waals surface area contributed by atoms with Gasteiger partial charge in [0.25, 0.3) is 5.56 Å². The van der Waals surface area contributed by atoms with Gasteiger partial charge in [-0.25, -0.2) is 4.98 Å². The molecule has 8 nitrogen and oxygen atoms in total. The number of fused-ring (bicyclic) bond motifs is 3. The first-order valence-corrected chi connectivity index (χ1v) is 10.2. The fourth-order valence-corrected chi connectivity index (χ4v) is 4.02. The summed E-state index contributed by atoms with van der Waals surface area (Å²) >= 11 is 0. The van der Waals surface area contributed by atoms with Crippen LogP contribution >= 0.6 is 0 Å². The summed E-state index contributed by atoms with van der Waals surface area (Å²) in [5.74, 6) is 2.03. The number of rotatable bonds is 5. The Hall–Kier alpha value is -3.94. The lowest BCUT2D eigenvalue weighted by Gasteiger charge is -2.14. The SMILES string of the molecule is COc1ccccc1Cn1c(=O)c2c(-c3noc(C4CC4)n3)ncn2c2ccccc21. The smallest absolute Gasteiger partial charge is 0.278 e. The lowest BCUT2D eigenvalue weighted by Crippen LogP contribution is -2.24. The summed E-state index contributed by atoms with van der Waals surface area (Å²) in [5.41, 5.74) is 3.28. The minimum Gasteiger partial charge on any atom is -0.496 e. The van der Waals surface area contributed by atoms with Gasteiger partial charge in [-0.15, -0.1) is 0 Å². The molecule has 3 heterocycles. The van der Waals surface area contributed by atoms with Gasteiger partial charge in [-0.1, -0.05) is 35.5 Å². The topological polar surface area (TPSA) is 87.5 Å². The maximum absolute atomic E-state index is 13.7. The predicted octanol–water partition coefficient (Wildman–Crippen LogP) is 3.63. The normalized spacial score (nSPS) is 13.8. The van der Waals surface area contributed by atoms with Crippen LogP contribution in [0.5, 0.6) is 5.75 Å². The van der Waals surface area contributed by atoms with Crippen molar-refractivity contribution < 1.29 is 9.26 Å². The van der Waals surface area contributed by atoms with Crippen LogP contribution in [0.4, 0.5) is 0 Å². The highest BCUT2D eigenvalue weighted by Gasteiger charge is 2.31. The molecule has 8 heteroatoms. The van der Waals surface area contributed by atoms with Crippen molar-refractivity contribution in [3.63, 3.8) is 0 Å². The van der Waals surface area contributed by atoms with Crippen LogP contribution in [-0.4, -0.2) is 31.2 Å². The summed E-state index contributed by atoms with van der Waals surface area (Å²) in [7, 11) is 1.63. The Balaban J connectivity index is 1.60. The molecule has 0 unspecified atom stereocenters. The maximum atomic E-state index is 13.7. The third-order valence-corrected chi connectivity index (χ3v) is 5.75. The van der Waals surface area contributed by atoms with Crippen molar-refractivity contribution in [1.82, 2.24) is 24.1 Å². The monoisotopic (exact) mass is 413 g/mol.